The van der Waals surface area contributed by atoms with Crippen molar-refractivity contribution in [2.75, 3.05) is 20.2 Å². The number of benzene rings is 1. The monoisotopic (exact) mass is 370 g/mol. The molecule has 146 valence electrons. The van der Waals surface area contributed by atoms with Gasteiger partial charge in [-0.2, -0.15) is 0 Å². The number of carbonyl (C=O) groups is 2. The fourth-order valence-electron chi connectivity index (χ4n) is 4.18. The molecule has 1 N–H and O–H groups in total. The van der Waals surface area contributed by atoms with Crippen LogP contribution in [0.25, 0.3) is 6.08 Å². The van der Waals surface area contributed by atoms with E-state index in [9.17, 15) is 14.7 Å². The molecule has 2 fully saturated rings. The number of aliphatic hydroxyl groups is 1. The van der Waals surface area contributed by atoms with Gasteiger partial charge in [-0.05, 0) is 30.9 Å². The molecular weight excluding hydrogens is 340 g/mol. The molecular formula is C22H30N2O3. The summed E-state index contributed by atoms with van der Waals surface area (Å²) in [5.74, 6) is 0.416. The highest BCUT2D eigenvalue weighted by Crippen LogP contribution is 2.42. The first-order chi connectivity index (χ1) is 13.0. The normalized spacial score (nSPS) is 24.7. The molecule has 2 aliphatic rings. The highest BCUT2D eigenvalue weighted by molar-refractivity contribution is 5.81. The van der Waals surface area contributed by atoms with Gasteiger partial charge in [0.1, 0.15) is 0 Å². The lowest BCUT2D eigenvalue weighted by atomic mass is 9.74. The first-order valence-electron chi connectivity index (χ1n) is 9.91. The van der Waals surface area contributed by atoms with Crippen molar-refractivity contribution in [2.45, 2.75) is 51.1 Å². The van der Waals surface area contributed by atoms with Gasteiger partial charge in [0.2, 0.25) is 11.8 Å². The number of aliphatic hydroxyl groups excluding tert-OH is 1. The van der Waals surface area contributed by atoms with Crippen LogP contribution in [0.5, 0.6) is 0 Å². The van der Waals surface area contributed by atoms with Gasteiger partial charge in [-0.3, -0.25) is 9.59 Å². The minimum atomic E-state index is -0.223. The molecule has 1 aromatic rings. The fraction of sp³-hybridized carbons (Fsp3) is 0.545. The topological polar surface area (TPSA) is 60.9 Å². The van der Waals surface area contributed by atoms with Crippen LogP contribution in [0.2, 0.25) is 0 Å². The van der Waals surface area contributed by atoms with Crippen LogP contribution in [-0.4, -0.2) is 59.0 Å². The molecule has 0 spiro atoms. The Morgan fingerprint density at radius 2 is 1.89 bits per heavy atom. The Morgan fingerprint density at radius 3 is 2.41 bits per heavy atom. The van der Waals surface area contributed by atoms with Crippen molar-refractivity contribution in [2.24, 2.45) is 5.92 Å². The summed E-state index contributed by atoms with van der Waals surface area (Å²) in [7, 11) is 1.83. The van der Waals surface area contributed by atoms with E-state index in [0.29, 0.717) is 13.0 Å². The molecule has 1 aliphatic carbocycles. The molecule has 3 atom stereocenters. The Hall–Kier alpha value is -2.14. The number of amides is 2. The summed E-state index contributed by atoms with van der Waals surface area (Å²) in [6.45, 7) is 4.27. The molecule has 0 unspecified atom stereocenters. The number of nitrogens with zero attached hydrogens (tertiary/aromatic N) is 2. The van der Waals surface area contributed by atoms with E-state index < -0.39 is 0 Å². The molecule has 1 aliphatic heterocycles. The predicted molar refractivity (Wildman–Crippen MR) is 106 cm³/mol. The van der Waals surface area contributed by atoms with E-state index in [2.05, 4.69) is 24.3 Å². The number of likely N-dealkylation sites (tertiary alicyclic amines) is 1. The van der Waals surface area contributed by atoms with Gasteiger partial charge in [0, 0.05) is 31.8 Å². The number of likely N-dealkylation sites (N-methyl/N-ethyl adjacent to an activating group) is 1. The summed E-state index contributed by atoms with van der Waals surface area (Å²) in [6.07, 6.45) is 6.39. The van der Waals surface area contributed by atoms with Crippen LogP contribution in [0.3, 0.4) is 0 Å². The van der Waals surface area contributed by atoms with Gasteiger partial charge >= 0.3 is 0 Å². The van der Waals surface area contributed by atoms with E-state index in [0.717, 1.165) is 24.0 Å². The lowest BCUT2D eigenvalue weighted by Crippen LogP contribution is -2.68. The highest BCUT2D eigenvalue weighted by Gasteiger charge is 2.51. The lowest BCUT2D eigenvalue weighted by Gasteiger charge is -2.56. The van der Waals surface area contributed by atoms with Crippen LogP contribution < -0.4 is 0 Å². The molecule has 27 heavy (non-hydrogen) atoms. The zero-order chi connectivity index (χ0) is 19.6. The van der Waals surface area contributed by atoms with Crippen molar-refractivity contribution in [3.8, 4) is 0 Å². The summed E-state index contributed by atoms with van der Waals surface area (Å²) in [5.41, 5.74) is 2.24. The summed E-state index contributed by atoms with van der Waals surface area (Å²) in [4.78, 5) is 28.5. The lowest BCUT2D eigenvalue weighted by molar-refractivity contribution is -0.154. The van der Waals surface area contributed by atoms with Gasteiger partial charge in [-0.15, -0.1) is 0 Å². The van der Waals surface area contributed by atoms with Crippen LogP contribution in [0.1, 0.15) is 50.2 Å². The maximum Gasteiger partial charge on any atom is 0.225 e. The van der Waals surface area contributed by atoms with E-state index in [1.165, 1.54) is 0 Å². The Bertz CT molecular complexity index is 709. The quantitative estimate of drug-likeness (QED) is 0.803. The molecule has 1 saturated heterocycles. The molecule has 3 rings (SSSR count). The molecule has 2 amide bonds. The third-order valence-electron chi connectivity index (χ3n) is 5.77. The molecule has 1 heterocycles. The van der Waals surface area contributed by atoms with Crippen LogP contribution in [-0.2, 0) is 9.59 Å². The average Bonchev–Trinajstić information content (AvgIpc) is 3.50. The summed E-state index contributed by atoms with van der Waals surface area (Å²) in [5, 5.41) is 9.95. The number of hydrogen-bond donors (Lipinski definition) is 1. The number of rotatable bonds is 7. The fourth-order valence-corrected chi connectivity index (χ4v) is 4.18. The first kappa shape index (κ1) is 19.6. The van der Waals surface area contributed by atoms with E-state index in [1.807, 2.05) is 33.0 Å². The second-order valence-corrected chi connectivity index (χ2v) is 7.66. The van der Waals surface area contributed by atoms with Crippen molar-refractivity contribution in [3.05, 3.63) is 41.5 Å². The standard InChI is InChI=1S/C22H30N2O3/c1-4-6-15-7-9-16(10-8-15)21-18(13-23(3)22(27)17-11-12-17)24(19(21)14-25)20(26)5-2/h4,6-10,17-19,21,25H,5,11-14H2,1-3H3/b6-4+/t18-,19+,21+/m1/s1. The van der Waals surface area contributed by atoms with Gasteiger partial charge in [0.05, 0.1) is 18.7 Å². The van der Waals surface area contributed by atoms with Crippen molar-refractivity contribution < 1.29 is 14.7 Å². The Morgan fingerprint density at radius 1 is 1.22 bits per heavy atom. The second-order valence-electron chi connectivity index (χ2n) is 7.66. The Labute approximate surface area is 161 Å². The first-order valence-corrected chi connectivity index (χ1v) is 9.91. The molecule has 0 aromatic heterocycles. The van der Waals surface area contributed by atoms with Crippen LogP contribution >= 0.6 is 0 Å². The maximum atomic E-state index is 12.5. The second kappa shape index (κ2) is 8.26. The number of carbonyl (C=O) groups excluding carboxylic acids is 2. The van der Waals surface area contributed by atoms with Crippen LogP contribution in [0.15, 0.2) is 30.3 Å². The van der Waals surface area contributed by atoms with Crippen LogP contribution in [0, 0.1) is 5.92 Å². The Kier molecular flexibility index (Phi) is 6.00. The van der Waals surface area contributed by atoms with Crippen molar-refractivity contribution in [1.29, 1.82) is 0 Å². The Balaban J connectivity index is 1.83. The van der Waals surface area contributed by atoms with E-state index in [4.69, 9.17) is 0 Å². The van der Waals surface area contributed by atoms with Gasteiger partial charge in [0.25, 0.3) is 0 Å². The minimum Gasteiger partial charge on any atom is -0.394 e. The van der Waals surface area contributed by atoms with Gasteiger partial charge in [-0.25, -0.2) is 0 Å². The zero-order valence-electron chi connectivity index (χ0n) is 16.5. The van der Waals surface area contributed by atoms with Crippen molar-refractivity contribution in [3.63, 3.8) is 0 Å². The molecule has 5 heteroatoms. The molecule has 0 radical (unpaired) electrons. The van der Waals surface area contributed by atoms with Gasteiger partial charge in [0.15, 0.2) is 0 Å². The average molecular weight is 370 g/mol. The van der Waals surface area contributed by atoms with E-state index in [1.54, 1.807) is 9.80 Å². The SMILES string of the molecule is C/C=C/c1ccc([C@H]2[C@@H](CN(C)C(=O)C3CC3)N(C(=O)CC)[C@H]2CO)cc1. The number of hydrogen-bond acceptors (Lipinski definition) is 3. The molecule has 0 bridgehead atoms. The smallest absolute Gasteiger partial charge is 0.225 e. The van der Waals surface area contributed by atoms with Crippen molar-refractivity contribution >= 4 is 17.9 Å². The van der Waals surface area contributed by atoms with Gasteiger partial charge in [-0.1, -0.05) is 43.3 Å². The molecule has 5 nitrogen and oxygen atoms in total. The molecule has 1 aromatic carbocycles. The largest absolute Gasteiger partial charge is 0.394 e. The summed E-state index contributed by atoms with van der Waals surface area (Å²) < 4.78 is 0. The highest BCUT2D eigenvalue weighted by atomic mass is 16.3. The van der Waals surface area contributed by atoms with E-state index in [-0.39, 0.29) is 42.3 Å². The van der Waals surface area contributed by atoms with Crippen LogP contribution in [0.4, 0.5) is 0 Å². The van der Waals surface area contributed by atoms with Gasteiger partial charge < -0.3 is 14.9 Å². The third-order valence-corrected chi connectivity index (χ3v) is 5.77. The maximum absolute atomic E-state index is 12.5. The predicted octanol–water partition coefficient (Wildman–Crippen LogP) is 2.65. The van der Waals surface area contributed by atoms with Crippen molar-refractivity contribution in [1.82, 2.24) is 9.80 Å². The minimum absolute atomic E-state index is 0.0353. The summed E-state index contributed by atoms with van der Waals surface area (Å²) in [6, 6.07) is 7.96. The van der Waals surface area contributed by atoms with E-state index >= 15 is 0 Å². The zero-order valence-corrected chi connectivity index (χ0v) is 16.5. The number of allylic oxidation sites excluding steroid dienone is 1. The third kappa shape index (κ3) is 3.93. The summed E-state index contributed by atoms with van der Waals surface area (Å²) >= 11 is 0. The molecule has 1 saturated carbocycles.